The highest BCUT2D eigenvalue weighted by Gasteiger charge is 2.11. The molecule has 0 aliphatic rings. The quantitative estimate of drug-likeness (QED) is 0.630. The van der Waals surface area contributed by atoms with E-state index in [0.717, 1.165) is 10.9 Å². The predicted octanol–water partition coefficient (Wildman–Crippen LogP) is 0.589. The summed E-state index contributed by atoms with van der Waals surface area (Å²) in [6.45, 7) is -0.299. The number of aliphatic hydroxyl groups excluding tert-OH is 2. The van der Waals surface area contributed by atoms with E-state index >= 15 is 0 Å². The summed E-state index contributed by atoms with van der Waals surface area (Å²) in [5, 5.41) is 25.7. The molecule has 0 spiro atoms. The third-order valence-electron chi connectivity index (χ3n) is 2.00. The van der Waals surface area contributed by atoms with E-state index in [2.05, 4.69) is 10.2 Å². The average Bonchev–Trinajstić information content (AvgIpc) is 2.60. The highest BCUT2D eigenvalue weighted by molar-refractivity contribution is 5.81. The number of rotatable bonds is 2. The lowest BCUT2D eigenvalue weighted by molar-refractivity contribution is 0.0932. The van der Waals surface area contributed by atoms with Crippen molar-refractivity contribution in [3.05, 3.63) is 30.0 Å². The zero-order valence-corrected chi connectivity index (χ0v) is 6.94. The first-order chi connectivity index (χ1) is 6.33. The van der Waals surface area contributed by atoms with Crippen LogP contribution in [-0.4, -0.2) is 27.0 Å². The minimum atomic E-state index is -0.882. The van der Waals surface area contributed by atoms with Crippen molar-refractivity contribution in [2.45, 2.75) is 6.10 Å². The molecule has 0 bridgehead atoms. The van der Waals surface area contributed by atoms with E-state index in [-0.39, 0.29) is 6.61 Å². The number of para-hydroxylation sites is 1. The van der Waals surface area contributed by atoms with Crippen molar-refractivity contribution in [2.24, 2.45) is 0 Å². The van der Waals surface area contributed by atoms with Gasteiger partial charge in [0.15, 0.2) is 0 Å². The van der Waals surface area contributed by atoms with Gasteiger partial charge in [-0.25, -0.2) is 0 Å². The summed E-state index contributed by atoms with van der Waals surface area (Å²) < 4.78 is 0. The Morgan fingerprint density at radius 3 is 2.92 bits per heavy atom. The number of fused-ring (bicyclic) bond motifs is 1. The molecule has 68 valence electrons. The van der Waals surface area contributed by atoms with Crippen LogP contribution in [-0.2, 0) is 0 Å². The Morgan fingerprint density at radius 1 is 1.38 bits per heavy atom. The Morgan fingerprint density at radius 2 is 2.15 bits per heavy atom. The molecule has 1 unspecified atom stereocenters. The van der Waals surface area contributed by atoms with E-state index in [0.29, 0.717) is 5.69 Å². The van der Waals surface area contributed by atoms with E-state index in [4.69, 9.17) is 5.11 Å². The number of nitrogens with zero attached hydrogens (tertiary/aromatic N) is 1. The second kappa shape index (κ2) is 3.16. The topological polar surface area (TPSA) is 69.1 Å². The van der Waals surface area contributed by atoms with Gasteiger partial charge in [-0.3, -0.25) is 5.10 Å². The highest BCUT2D eigenvalue weighted by atomic mass is 16.3. The van der Waals surface area contributed by atoms with Crippen LogP contribution in [0.4, 0.5) is 0 Å². The summed E-state index contributed by atoms with van der Waals surface area (Å²) in [7, 11) is 0. The molecule has 4 nitrogen and oxygen atoms in total. The fourth-order valence-corrected chi connectivity index (χ4v) is 1.32. The molecule has 1 aromatic heterocycles. The maximum atomic E-state index is 9.39. The molecule has 1 aromatic carbocycles. The minimum Gasteiger partial charge on any atom is -0.393 e. The van der Waals surface area contributed by atoms with Gasteiger partial charge in [-0.05, 0) is 6.07 Å². The Labute approximate surface area is 74.8 Å². The van der Waals surface area contributed by atoms with Gasteiger partial charge in [-0.2, -0.15) is 5.10 Å². The number of hydrogen-bond donors (Lipinski definition) is 3. The van der Waals surface area contributed by atoms with E-state index < -0.39 is 6.10 Å². The molecule has 0 saturated carbocycles. The van der Waals surface area contributed by atoms with Gasteiger partial charge in [0.1, 0.15) is 6.10 Å². The van der Waals surface area contributed by atoms with Gasteiger partial charge in [-0.15, -0.1) is 0 Å². The van der Waals surface area contributed by atoms with Crippen LogP contribution in [0.15, 0.2) is 24.3 Å². The molecular weight excluding hydrogens is 168 g/mol. The van der Waals surface area contributed by atoms with Crippen molar-refractivity contribution in [2.75, 3.05) is 6.61 Å². The van der Waals surface area contributed by atoms with Crippen LogP contribution in [0.5, 0.6) is 0 Å². The number of aromatic nitrogens is 2. The first kappa shape index (κ1) is 8.22. The molecule has 0 amide bonds. The molecule has 0 fully saturated rings. The first-order valence-electron chi connectivity index (χ1n) is 4.05. The Hall–Kier alpha value is -1.39. The zero-order valence-electron chi connectivity index (χ0n) is 6.94. The molecule has 13 heavy (non-hydrogen) atoms. The number of aromatic amines is 1. The van der Waals surface area contributed by atoms with Crippen molar-refractivity contribution >= 4 is 10.9 Å². The maximum absolute atomic E-state index is 9.39. The van der Waals surface area contributed by atoms with Crippen LogP contribution in [0.25, 0.3) is 10.9 Å². The molecule has 0 saturated heterocycles. The fourth-order valence-electron chi connectivity index (χ4n) is 1.32. The minimum absolute atomic E-state index is 0.299. The number of aliphatic hydroxyl groups is 2. The summed E-state index contributed by atoms with van der Waals surface area (Å²) in [6.07, 6.45) is -0.882. The smallest absolute Gasteiger partial charge is 0.119 e. The number of benzene rings is 1. The van der Waals surface area contributed by atoms with Crippen LogP contribution in [0.3, 0.4) is 0 Å². The van der Waals surface area contributed by atoms with Gasteiger partial charge in [0.05, 0.1) is 17.8 Å². The van der Waals surface area contributed by atoms with Crippen molar-refractivity contribution in [1.82, 2.24) is 10.2 Å². The second-order valence-corrected chi connectivity index (χ2v) is 2.85. The maximum Gasteiger partial charge on any atom is 0.119 e. The van der Waals surface area contributed by atoms with Crippen LogP contribution < -0.4 is 0 Å². The monoisotopic (exact) mass is 178 g/mol. The summed E-state index contributed by atoms with van der Waals surface area (Å²) >= 11 is 0. The van der Waals surface area contributed by atoms with Gasteiger partial charge >= 0.3 is 0 Å². The second-order valence-electron chi connectivity index (χ2n) is 2.85. The SMILES string of the molecule is OCC(O)c1[nH]nc2ccccc12. The van der Waals surface area contributed by atoms with Crippen LogP contribution in [0.2, 0.25) is 0 Å². The lowest BCUT2D eigenvalue weighted by atomic mass is 10.1. The van der Waals surface area contributed by atoms with Gasteiger partial charge < -0.3 is 10.2 Å². The molecule has 2 aromatic rings. The molecule has 0 aliphatic carbocycles. The number of hydrogen-bond acceptors (Lipinski definition) is 3. The molecule has 1 heterocycles. The highest BCUT2D eigenvalue weighted by Crippen LogP contribution is 2.20. The van der Waals surface area contributed by atoms with Crippen LogP contribution >= 0.6 is 0 Å². The first-order valence-corrected chi connectivity index (χ1v) is 4.05. The van der Waals surface area contributed by atoms with Gasteiger partial charge in [0.25, 0.3) is 0 Å². The Balaban J connectivity index is 2.57. The lowest BCUT2D eigenvalue weighted by Gasteiger charge is -2.03. The zero-order chi connectivity index (χ0) is 9.26. The van der Waals surface area contributed by atoms with E-state index in [1.807, 2.05) is 24.3 Å². The Bertz CT molecular complexity index is 411. The van der Waals surface area contributed by atoms with Gasteiger partial charge in [0.2, 0.25) is 0 Å². The summed E-state index contributed by atoms with van der Waals surface area (Å²) in [6, 6.07) is 7.44. The van der Waals surface area contributed by atoms with E-state index in [1.54, 1.807) is 0 Å². The molecule has 1 atom stereocenters. The molecule has 0 radical (unpaired) electrons. The standard InChI is InChI=1S/C9H10N2O2/c12-5-8(13)9-6-3-1-2-4-7(6)10-11-9/h1-4,8,12-13H,5H2,(H,10,11). The van der Waals surface area contributed by atoms with Crippen molar-refractivity contribution in [3.8, 4) is 0 Å². The summed E-state index contributed by atoms with van der Waals surface area (Å²) in [4.78, 5) is 0. The van der Waals surface area contributed by atoms with Crippen molar-refractivity contribution < 1.29 is 10.2 Å². The van der Waals surface area contributed by atoms with Crippen LogP contribution in [0, 0.1) is 0 Å². The molecule has 0 aliphatic heterocycles. The largest absolute Gasteiger partial charge is 0.393 e. The van der Waals surface area contributed by atoms with Crippen LogP contribution in [0.1, 0.15) is 11.8 Å². The molecule has 2 rings (SSSR count). The Kier molecular flexibility index (Phi) is 2.00. The number of nitrogens with one attached hydrogen (secondary N) is 1. The predicted molar refractivity (Wildman–Crippen MR) is 48.1 cm³/mol. The third kappa shape index (κ3) is 1.30. The van der Waals surface area contributed by atoms with E-state index in [1.165, 1.54) is 0 Å². The van der Waals surface area contributed by atoms with E-state index in [9.17, 15) is 5.11 Å². The third-order valence-corrected chi connectivity index (χ3v) is 2.00. The number of H-pyrrole nitrogens is 1. The van der Waals surface area contributed by atoms with Gasteiger partial charge in [0, 0.05) is 5.39 Å². The normalized spacial score (nSPS) is 13.4. The fraction of sp³-hybridized carbons (Fsp3) is 0.222. The lowest BCUT2D eigenvalue weighted by Crippen LogP contribution is -2.03. The van der Waals surface area contributed by atoms with Crippen molar-refractivity contribution in [3.63, 3.8) is 0 Å². The molecule has 3 N–H and O–H groups in total. The van der Waals surface area contributed by atoms with Gasteiger partial charge in [-0.1, -0.05) is 18.2 Å². The molecular formula is C9H10N2O2. The average molecular weight is 178 g/mol. The molecule has 4 heteroatoms. The summed E-state index contributed by atoms with van der Waals surface area (Å²) in [5.74, 6) is 0. The summed E-state index contributed by atoms with van der Waals surface area (Å²) in [5.41, 5.74) is 1.36. The van der Waals surface area contributed by atoms with Crippen molar-refractivity contribution in [1.29, 1.82) is 0 Å².